The minimum absolute atomic E-state index is 0.0458. The maximum absolute atomic E-state index is 12.8. The molecule has 1 aromatic carbocycles. The normalized spacial score (nSPS) is 23.6. The summed E-state index contributed by atoms with van der Waals surface area (Å²) in [7, 11) is 0. The van der Waals surface area contributed by atoms with Gasteiger partial charge in [-0.25, -0.2) is 4.79 Å². The Bertz CT molecular complexity index is 868. The Morgan fingerprint density at radius 1 is 1.21 bits per heavy atom. The Kier molecular flexibility index (Phi) is 5.24. The van der Waals surface area contributed by atoms with E-state index < -0.39 is 29.3 Å². The van der Waals surface area contributed by atoms with Crippen LogP contribution in [0.1, 0.15) is 38.5 Å². The van der Waals surface area contributed by atoms with Crippen molar-refractivity contribution in [2.45, 2.75) is 49.0 Å². The zero-order valence-electron chi connectivity index (χ0n) is 16.3. The van der Waals surface area contributed by atoms with Crippen molar-refractivity contribution in [2.75, 3.05) is 17.7 Å². The number of carbonyl (C=O) groups is 4. The van der Waals surface area contributed by atoms with Crippen LogP contribution >= 0.6 is 11.8 Å². The van der Waals surface area contributed by atoms with Crippen LogP contribution in [0, 0.1) is 5.92 Å². The molecule has 0 aromatic heterocycles. The lowest BCUT2D eigenvalue weighted by molar-refractivity contribution is -0.141. The molecular weight excluding hydrogens is 392 g/mol. The highest BCUT2D eigenvalue weighted by Gasteiger charge is 2.52. The first-order valence-corrected chi connectivity index (χ1v) is 11.1. The van der Waals surface area contributed by atoms with Crippen molar-refractivity contribution in [3.8, 4) is 0 Å². The molecule has 9 heteroatoms. The van der Waals surface area contributed by atoms with Gasteiger partial charge in [-0.15, -0.1) is 11.8 Å². The first kappa shape index (κ1) is 19.8. The van der Waals surface area contributed by atoms with Crippen LogP contribution in [0.3, 0.4) is 0 Å². The summed E-state index contributed by atoms with van der Waals surface area (Å²) < 4.78 is 0. The Morgan fingerprint density at radius 2 is 1.97 bits per heavy atom. The van der Waals surface area contributed by atoms with E-state index in [2.05, 4.69) is 10.7 Å². The lowest BCUT2D eigenvalue weighted by Gasteiger charge is -2.30. The Hall–Kier alpha value is -2.55. The number of thioether (sulfide) groups is 1. The van der Waals surface area contributed by atoms with Gasteiger partial charge < -0.3 is 10.2 Å². The quantitative estimate of drug-likeness (QED) is 0.578. The number of amides is 5. The van der Waals surface area contributed by atoms with Crippen LogP contribution < -0.4 is 15.6 Å². The van der Waals surface area contributed by atoms with Crippen molar-refractivity contribution in [1.29, 1.82) is 0 Å². The molecule has 5 amide bonds. The molecule has 1 aliphatic carbocycles. The maximum atomic E-state index is 12.8. The van der Waals surface area contributed by atoms with Gasteiger partial charge in [0.05, 0.1) is 5.92 Å². The van der Waals surface area contributed by atoms with Crippen molar-refractivity contribution in [2.24, 2.45) is 5.92 Å². The maximum Gasteiger partial charge on any atom is 0.344 e. The smallest absolute Gasteiger partial charge is 0.322 e. The molecule has 0 bridgehead atoms. The molecule has 1 spiro atoms. The van der Waals surface area contributed by atoms with Gasteiger partial charge in [0.1, 0.15) is 5.54 Å². The summed E-state index contributed by atoms with van der Waals surface area (Å²) in [6, 6.07) is 6.98. The summed E-state index contributed by atoms with van der Waals surface area (Å²) in [5.41, 5.74) is 2.31. The van der Waals surface area contributed by atoms with Gasteiger partial charge in [-0.1, -0.05) is 25.3 Å². The topological polar surface area (TPSA) is 98.8 Å². The number of hydrogen-bond acceptors (Lipinski definition) is 5. The van der Waals surface area contributed by atoms with Crippen LogP contribution in [0.5, 0.6) is 0 Å². The second-order valence-corrected chi connectivity index (χ2v) is 8.68. The SMILES string of the molecule is CSc1cccc(N2CC(C(=O)NN3C(=O)NC4(CCCCC4)C3=O)CC2=O)c1. The minimum atomic E-state index is -0.890. The van der Waals surface area contributed by atoms with Gasteiger partial charge in [0.25, 0.3) is 5.91 Å². The molecule has 1 atom stereocenters. The highest BCUT2D eigenvalue weighted by atomic mass is 32.2. The fraction of sp³-hybridized carbons (Fsp3) is 0.500. The zero-order valence-corrected chi connectivity index (χ0v) is 17.1. The Morgan fingerprint density at radius 3 is 2.69 bits per heavy atom. The molecule has 2 aliphatic heterocycles. The van der Waals surface area contributed by atoms with E-state index in [4.69, 9.17) is 0 Å². The van der Waals surface area contributed by atoms with E-state index in [9.17, 15) is 19.2 Å². The molecule has 2 heterocycles. The molecule has 3 fully saturated rings. The third-order valence-electron chi connectivity index (χ3n) is 5.95. The van der Waals surface area contributed by atoms with E-state index in [1.807, 2.05) is 30.5 Å². The van der Waals surface area contributed by atoms with E-state index >= 15 is 0 Å². The van der Waals surface area contributed by atoms with E-state index in [1.54, 1.807) is 16.7 Å². The number of hydrogen-bond donors (Lipinski definition) is 2. The second kappa shape index (κ2) is 7.70. The summed E-state index contributed by atoms with van der Waals surface area (Å²) in [4.78, 5) is 53.0. The van der Waals surface area contributed by atoms with Crippen LogP contribution in [0.4, 0.5) is 10.5 Å². The lowest BCUT2D eigenvalue weighted by atomic mass is 9.82. The van der Waals surface area contributed by atoms with Crippen molar-refractivity contribution >= 4 is 41.2 Å². The van der Waals surface area contributed by atoms with Crippen LogP contribution in [-0.4, -0.2) is 47.1 Å². The molecule has 1 aromatic rings. The van der Waals surface area contributed by atoms with E-state index in [0.717, 1.165) is 34.9 Å². The number of anilines is 1. The summed E-state index contributed by atoms with van der Waals surface area (Å²) >= 11 is 1.58. The lowest BCUT2D eigenvalue weighted by Crippen LogP contribution is -2.52. The minimum Gasteiger partial charge on any atom is -0.322 e. The van der Waals surface area contributed by atoms with Gasteiger partial charge in [-0.3, -0.25) is 19.8 Å². The fourth-order valence-corrected chi connectivity index (χ4v) is 4.78. The summed E-state index contributed by atoms with van der Waals surface area (Å²) in [6.45, 7) is 0.220. The number of benzene rings is 1. The molecule has 2 saturated heterocycles. The van der Waals surface area contributed by atoms with Gasteiger partial charge in [0.15, 0.2) is 0 Å². The first-order valence-electron chi connectivity index (χ1n) is 9.85. The molecular formula is C20H24N4O4S. The van der Waals surface area contributed by atoms with E-state index in [1.165, 1.54) is 0 Å². The molecule has 154 valence electrons. The predicted molar refractivity (Wildman–Crippen MR) is 108 cm³/mol. The highest BCUT2D eigenvalue weighted by molar-refractivity contribution is 7.98. The largest absolute Gasteiger partial charge is 0.344 e. The summed E-state index contributed by atoms with van der Waals surface area (Å²) in [5, 5.41) is 3.56. The third kappa shape index (κ3) is 3.59. The monoisotopic (exact) mass is 416 g/mol. The number of nitrogens with one attached hydrogen (secondary N) is 2. The number of hydrazine groups is 1. The zero-order chi connectivity index (χ0) is 20.6. The number of rotatable bonds is 4. The fourth-order valence-electron chi connectivity index (χ4n) is 4.33. The van der Waals surface area contributed by atoms with Crippen LogP contribution in [0.25, 0.3) is 0 Å². The number of imide groups is 1. The number of urea groups is 1. The molecule has 3 aliphatic rings. The highest BCUT2D eigenvalue weighted by Crippen LogP contribution is 2.33. The van der Waals surface area contributed by atoms with Crippen LogP contribution in [0.15, 0.2) is 29.2 Å². The van der Waals surface area contributed by atoms with Gasteiger partial charge in [-0.2, -0.15) is 5.01 Å². The van der Waals surface area contributed by atoms with Gasteiger partial charge in [-0.05, 0) is 37.3 Å². The van der Waals surface area contributed by atoms with Crippen molar-refractivity contribution in [3.63, 3.8) is 0 Å². The first-order chi connectivity index (χ1) is 13.9. The number of nitrogens with zero attached hydrogens (tertiary/aromatic N) is 2. The molecule has 8 nitrogen and oxygen atoms in total. The average Bonchev–Trinajstić information content (AvgIpc) is 3.22. The van der Waals surface area contributed by atoms with Crippen LogP contribution in [-0.2, 0) is 14.4 Å². The van der Waals surface area contributed by atoms with Crippen molar-refractivity contribution < 1.29 is 19.2 Å². The van der Waals surface area contributed by atoms with Crippen molar-refractivity contribution in [1.82, 2.24) is 15.8 Å². The van der Waals surface area contributed by atoms with Gasteiger partial charge in [0.2, 0.25) is 11.8 Å². The van der Waals surface area contributed by atoms with E-state index in [-0.39, 0.29) is 18.9 Å². The molecule has 4 rings (SSSR count). The van der Waals surface area contributed by atoms with Crippen molar-refractivity contribution in [3.05, 3.63) is 24.3 Å². The van der Waals surface area contributed by atoms with Gasteiger partial charge in [0, 0.05) is 23.5 Å². The summed E-state index contributed by atoms with van der Waals surface area (Å²) in [5.74, 6) is -1.66. The standard InChI is InChI=1S/C20H24N4O4S/c1-29-15-7-5-6-14(11-15)23-12-13(10-16(23)25)17(26)22-24-18(27)20(21-19(24)28)8-3-2-4-9-20/h5-7,11,13H,2-4,8-10,12H2,1H3,(H,21,28)(H,22,26). The van der Waals surface area contributed by atoms with E-state index in [0.29, 0.717) is 12.8 Å². The Labute approximate surface area is 173 Å². The molecule has 0 radical (unpaired) electrons. The van der Waals surface area contributed by atoms with Gasteiger partial charge >= 0.3 is 6.03 Å². The molecule has 29 heavy (non-hydrogen) atoms. The van der Waals surface area contributed by atoms with Crippen LogP contribution in [0.2, 0.25) is 0 Å². The second-order valence-electron chi connectivity index (χ2n) is 7.80. The Balaban J connectivity index is 1.43. The predicted octanol–water partition coefficient (Wildman–Crippen LogP) is 2.05. The summed E-state index contributed by atoms with van der Waals surface area (Å²) in [6.07, 6.45) is 5.96. The molecule has 1 saturated carbocycles. The number of carbonyl (C=O) groups excluding carboxylic acids is 4. The molecule has 2 N–H and O–H groups in total. The third-order valence-corrected chi connectivity index (χ3v) is 6.68. The molecule has 1 unspecified atom stereocenters. The average molecular weight is 417 g/mol.